The number of fused-ring (bicyclic) bond motifs is 1. The van der Waals surface area contributed by atoms with Crippen molar-refractivity contribution in [1.29, 1.82) is 0 Å². The Kier molecular flexibility index (Phi) is 3.96. The second-order valence-electron chi connectivity index (χ2n) is 5.44. The lowest BCUT2D eigenvalue weighted by molar-refractivity contribution is 0.0941. The first kappa shape index (κ1) is 15.4. The number of aromatic amines is 1. The Balaban J connectivity index is 1.96. The Bertz CT molecular complexity index is 942. The monoisotopic (exact) mass is 329 g/mol. The Morgan fingerprint density at radius 3 is 2.78 bits per heavy atom. The fraction of sp³-hybridized carbons (Fsp3) is 0.176. The van der Waals surface area contributed by atoms with E-state index in [0.717, 1.165) is 5.56 Å². The molecule has 0 aliphatic heterocycles. The zero-order chi connectivity index (χ0) is 16.6. The maximum absolute atomic E-state index is 12.6. The van der Waals surface area contributed by atoms with Crippen LogP contribution in [-0.4, -0.2) is 15.5 Å². The zero-order valence-corrected chi connectivity index (χ0v) is 13.5. The van der Waals surface area contributed by atoms with Crippen LogP contribution in [0.25, 0.3) is 10.9 Å². The van der Waals surface area contributed by atoms with Crippen molar-refractivity contribution in [2.45, 2.75) is 13.0 Å². The molecule has 0 radical (unpaired) electrons. The summed E-state index contributed by atoms with van der Waals surface area (Å²) in [5, 5.41) is 4.14. The van der Waals surface area contributed by atoms with Crippen molar-refractivity contribution in [2.75, 3.05) is 0 Å². The molecule has 2 heterocycles. The number of carbonyl (C=O) groups is 1. The standard InChI is InChI=1S/C17H16ClN3O2/c1-10(11-5-3-4-6-14(11)18)20-16(22)13-9-21(2)17(23)15-12(13)7-8-19-15/h3-10,19H,1-2H3,(H,20,22). The molecule has 23 heavy (non-hydrogen) atoms. The van der Waals surface area contributed by atoms with E-state index in [2.05, 4.69) is 10.3 Å². The normalized spacial score (nSPS) is 12.3. The van der Waals surface area contributed by atoms with Gasteiger partial charge in [-0.05, 0) is 24.6 Å². The van der Waals surface area contributed by atoms with Gasteiger partial charge < -0.3 is 14.9 Å². The SMILES string of the molecule is CC(NC(=O)c1cn(C)c(=O)c2[nH]ccc12)c1ccccc1Cl. The highest BCUT2D eigenvalue weighted by molar-refractivity contribution is 6.31. The maximum atomic E-state index is 12.6. The van der Waals surface area contributed by atoms with Crippen LogP contribution in [0.3, 0.4) is 0 Å². The number of carbonyl (C=O) groups excluding carboxylic acids is 1. The van der Waals surface area contributed by atoms with Gasteiger partial charge >= 0.3 is 0 Å². The van der Waals surface area contributed by atoms with Crippen molar-refractivity contribution < 1.29 is 4.79 Å². The van der Waals surface area contributed by atoms with Crippen LogP contribution >= 0.6 is 11.6 Å². The second kappa shape index (κ2) is 5.93. The van der Waals surface area contributed by atoms with E-state index in [-0.39, 0.29) is 17.5 Å². The molecule has 6 heteroatoms. The largest absolute Gasteiger partial charge is 0.357 e. The summed E-state index contributed by atoms with van der Waals surface area (Å²) in [5.74, 6) is -0.252. The molecule has 5 nitrogen and oxygen atoms in total. The second-order valence-corrected chi connectivity index (χ2v) is 5.85. The number of H-pyrrole nitrogens is 1. The van der Waals surface area contributed by atoms with Crippen LogP contribution in [0.4, 0.5) is 0 Å². The van der Waals surface area contributed by atoms with Gasteiger partial charge in [-0.25, -0.2) is 0 Å². The van der Waals surface area contributed by atoms with Gasteiger partial charge in [0.1, 0.15) is 5.52 Å². The predicted octanol–water partition coefficient (Wildman–Crippen LogP) is 3.01. The number of aromatic nitrogens is 2. The first-order valence-electron chi connectivity index (χ1n) is 7.21. The van der Waals surface area contributed by atoms with Crippen LogP contribution in [0.15, 0.2) is 47.5 Å². The molecule has 2 N–H and O–H groups in total. The molecule has 0 saturated heterocycles. The number of amides is 1. The quantitative estimate of drug-likeness (QED) is 0.775. The van der Waals surface area contributed by atoms with Crippen molar-refractivity contribution in [3.63, 3.8) is 0 Å². The van der Waals surface area contributed by atoms with Gasteiger partial charge in [-0.3, -0.25) is 9.59 Å². The van der Waals surface area contributed by atoms with Crippen LogP contribution in [0.2, 0.25) is 5.02 Å². The first-order valence-corrected chi connectivity index (χ1v) is 7.59. The van der Waals surface area contributed by atoms with Crippen molar-refractivity contribution in [1.82, 2.24) is 14.9 Å². The van der Waals surface area contributed by atoms with E-state index >= 15 is 0 Å². The predicted molar refractivity (Wildman–Crippen MR) is 90.9 cm³/mol. The number of halogens is 1. The third-order valence-electron chi connectivity index (χ3n) is 3.86. The lowest BCUT2D eigenvalue weighted by Gasteiger charge is -2.16. The Morgan fingerprint density at radius 1 is 1.30 bits per heavy atom. The summed E-state index contributed by atoms with van der Waals surface area (Å²) in [7, 11) is 1.62. The first-order chi connectivity index (χ1) is 11.0. The number of rotatable bonds is 3. The fourth-order valence-corrected chi connectivity index (χ4v) is 2.93. The summed E-state index contributed by atoms with van der Waals surface area (Å²) in [6.07, 6.45) is 3.20. The van der Waals surface area contributed by atoms with Gasteiger partial charge in [0, 0.05) is 29.9 Å². The zero-order valence-electron chi connectivity index (χ0n) is 12.8. The molecular formula is C17H16ClN3O2. The number of hydrogen-bond donors (Lipinski definition) is 2. The van der Waals surface area contributed by atoms with Crippen LogP contribution in [-0.2, 0) is 7.05 Å². The molecule has 1 amide bonds. The van der Waals surface area contributed by atoms with Crippen molar-refractivity contribution in [3.05, 3.63) is 69.2 Å². The Hall–Kier alpha value is -2.53. The lowest BCUT2D eigenvalue weighted by Crippen LogP contribution is -2.29. The van der Waals surface area contributed by atoms with Crippen molar-refractivity contribution >= 4 is 28.4 Å². The smallest absolute Gasteiger partial charge is 0.274 e. The average Bonchev–Trinajstić information content (AvgIpc) is 3.00. The molecule has 0 saturated carbocycles. The van der Waals surface area contributed by atoms with Crippen LogP contribution in [0.5, 0.6) is 0 Å². The number of hydrogen-bond acceptors (Lipinski definition) is 2. The number of aryl methyl sites for hydroxylation is 1. The van der Waals surface area contributed by atoms with Gasteiger partial charge in [0.25, 0.3) is 11.5 Å². The van der Waals surface area contributed by atoms with Gasteiger partial charge in [-0.1, -0.05) is 29.8 Å². The molecule has 3 rings (SSSR count). The summed E-state index contributed by atoms with van der Waals surface area (Å²) in [6.45, 7) is 1.87. The number of nitrogens with zero attached hydrogens (tertiary/aromatic N) is 1. The van der Waals surface area contributed by atoms with Crippen molar-refractivity contribution in [2.24, 2.45) is 7.05 Å². The van der Waals surface area contributed by atoms with Crippen LogP contribution in [0.1, 0.15) is 28.9 Å². The summed E-state index contributed by atoms with van der Waals surface area (Å²) in [4.78, 5) is 27.6. The number of benzene rings is 1. The maximum Gasteiger partial charge on any atom is 0.274 e. The van der Waals surface area contributed by atoms with E-state index in [4.69, 9.17) is 11.6 Å². The van der Waals surface area contributed by atoms with E-state index in [1.54, 1.807) is 31.6 Å². The third-order valence-corrected chi connectivity index (χ3v) is 4.20. The molecule has 0 bridgehead atoms. The highest BCUT2D eigenvalue weighted by Crippen LogP contribution is 2.23. The van der Waals surface area contributed by atoms with Gasteiger partial charge in [0.05, 0.1) is 11.6 Å². The molecule has 0 spiro atoms. The molecule has 2 aromatic heterocycles. The van der Waals surface area contributed by atoms with Crippen LogP contribution < -0.4 is 10.9 Å². The number of pyridine rings is 1. The van der Waals surface area contributed by atoms with E-state index in [1.165, 1.54) is 4.57 Å². The lowest BCUT2D eigenvalue weighted by atomic mass is 10.1. The summed E-state index contributed by atoms with van der Waals surface area (Å²) < 4.78 is 1.40. The third kappa shape index (κ3) is 2.75. The van der Waals surface area contributed by atoms with E-state index in [1.807, 2.05) is 25.1 Å². The number of nitrogens with one attached hydrogen (secondary N) is 2. The van der Waals surface area contributed by atoms with Gasteiger partial charge in [-0.2, -0.15) is 0 Å². The summed E-state index contributed by atoms with van der Waals surface area (Å²) >= 11 is 6.17. The highest BCUT2D eigenvalue weighted by atomic mass is 35.5. The molecule has 118 valence electrons. The summed E-state index contributed by atoms with van der Waals surface area (Å²) in [6, 6.07) is 8.86. The topological polar surface area (TPSA) is 66.9 Å². The Morgan fingerprint density at radius 2 is 2.04 bits per heavy atom. The summed E-state index contributed by atoms with van der Waals surface area (Å²) in [5.41, 5.74) is 1.55. The molecule has 1 unspecified atom stereocenters. The highest BCUT2D eigenvalue weighted by Gasteiger charge is 2.18. The van der Waals surface area contributed by atoms with Crippen molar-refractivity contribution in [3.8, 4) is 0 Å². The average molecular weight is 330 g/mol. The van der Waals surface area contributed by atoms with Gasteiger partial charge in [0.2, 0.25) is 0 Å². The molecular weight excluding hydrogens is 314 g/mol. The van der Waals surface area contributed by atoms with E-state index in [9.17, 15) is 9.59 Å². The Labute approximate surface area is 137 Å². The minimum Gasteiger partial charge on any atom is -0.357 e. The molecule has 0 aliphatic rings. The van der Waals surface area contributed by atoms with Gasteiger partial charge in [-0.15, -0.1) is 0 Å². The molecule has 0 aliphatic carbocycles. The minimum absolute atomic E-state index is 0.166. The van der Waals surface area contributed by atoms with E-state index < -0.39 is 0 Å². The molecule has 1 aromatic carbocycles. The minimum atomic E-state index is -0.252. The fourth-order valence-electron chi connectivity index (χ4n) is 2.63. The van der Waals surface area contributed by atoms with E-state index in [0.29, 0.717) is 21.5 Å². The van der Waals surface area contributed by atoms with Crippen LogP contribution in [0, 0.1) is 0 Å². The molecule has 3 aromatic rings. The molecule has 1 atom stereocenters. The molecule has 0 fully saturated rings. The van der Waals surface area contributed by atoms with Gasteiger partial charge in [0.15, 0.2) is 0 Å².